The highest BCUT2D eigenvalue weighted by Crippen LogP contribution is 2.34. The summed E-state index contributed by atoms with van der Waals surface area (Å²) in [6, 6.07) is 9.47. The number of benzene rings is 1. The van der Waals surface area contributed by atoms with Crippen LogP contribution in [0.3, 0.4) is 0 Å². The second kappa shape index (κ2) is 11.1. The van der Waals surface area contributed by atoms with Gasteiger partial charge in [-0.2, -0.15) is 0 Å². The fourth-order valence-corrected chi connectivity index (χ4v) is 4.76. The van der Waals surface area contributed by atoms with Gasteiger partial charge in [0.15, 0.2) is 0 Å². The van der Waals surface area contributed by atoms with Gasteiger partial charge in [-0.05, 0) is 42.3 Å². The summed E-state index contributed by atoms with van der Waals surface area (Å²) in [6.07, 6.45) is 3.13. The van der Waals surface area contributed by atoms with Crippen LogP contribution >= 0.6 is 24.0 Å². The van der Waals surface area contributed by atoms with E-state index in [1.807, 2.05) is 13.0 Å². The first-order chi connectivity index (χ1) is 16.9. The zero-order chi connectivity index (χ0) is 24.9. The Bertz CT molecular complexity index is 1360. The first-order valence-corrected chi connectivity index (χ1v) is 12.1. The Morgan fingerprint density at radius 1 is 1.23 bits per heavy atom. The fourth-order valence-electron chi connectivity index (χ4n) is 3.52. The van der Waals surface area contributed by atoms with Gasteiger partial charge in [-0.25, -0.2) is 9.37 Å². The van der Waals surface area contributed by atoms with Crippen LogP contribution in [0, 0.1) is 12.7 Å². The van der Waals surface area contributed by atoms with Gasteiger partial charge in [0.05, 0.1) is 36.8 Å². The van der Waals surface area contributed by atoms with Crippen molar-refractivity contribution < 1.29 is 19.0 Å². The average molecular weight is 515 g/mol. The largest absolute Gasteiger partial charge is 0.394 e. The van der Waals surface area contributed by atoms with E-state index >= 15 is 0 Å². The lowest BCUT2D eigenvalue weighted by Crippen LogP contribution is -2.27. The number of hydrogen-bond donors (Lipinski definition) is 2. The maximum absolute atomic E-state index is 13.4. The molecule has 2 N–H and O–H groups in total. The lowest BCUT2D eigenvalue weighted by Gasteiger charge is -2.14. The van der Waals surface area contributed by atoms with E-state index in [0.717, 1.165) is 22.9 Å². The monoisotopic (exact) mass is 514 g/mol. The number of aliphatic hydroxyl groups excluding tert-OH is 1. The number of nitrogens with one attached hydrogen (secondary N) is 1. The molecule has 1 aliphatic rings. The number of anilines is 1. The van der Waals surface area contributed by atoms with Crippen LogP contribution < -0.4 is 10.9 Å². The summed E-state index contributed by atoms with van der Waals surface area (Å²) in [5.41, 5.74) is 1.94. The third-order valence-electron chi connectivity index (χ3n) is 5.26. The Labute approximate surface area is 210 Å². The van der Waals surface area contributed by atoms with Crippen LogP contribution in [0.2, 0.25) is 0 Å². The number of thioether (sulfide) groups is 1. The molecule has 1 amide bonds. The van der Waals surface area contributed by atoms with Gasteiger partial charge in [0.1, 0.15) is 21.6 Å². The van der Waals surface area contributed by atoms with Crippen molar-refractivity contribution in [1.29, 1.82) is 0 Å². The molecule has 0 radical (unpaired) electrons. The topological polar surface area (TPSA) is 96.2 Å². The van der Waals surface area contributed by atoms with Crippen molar-refractivity contribution in [3.63, 3.8) is 0 Å². The number of rotatable bonds is 9. The van der Waals surface area contributed by atoms with Gasteiger partial charge in [0.25, 0.3) is 11.5 Å². The molecule has 1 aromatic carbocycles. The predicted octanol–water partition coefficient (Wildman–Crippen LogP) is 2.96. The van der Waals surface area contributed by atoms with Crippen molar-refractivity contribution in [3.05, 3.63) is 80.4 Å². The highest BCUT2D eigenvalue weighted by molar-refractivity contribution is 8.26. The minimum atomic E-state index is -0.361. The minimum Gasteiger partial charge on any atom is -0.394 e. The first-order valence-electron chi connectivity index (χ1n) is 10.8. The van der Waals surface area contributed by atoms with Crippen molar-refractivity contribution in [2.24, 2.45) is 0 Å². The molecule has 1 aliphatic heterocycles. The highest BCUT2D eigenvalue weighted by Gasteiger charge is 2.32. The number of thiocarbonyl (C=S) groups is 1. The molecular formula is C24H23FN4O4S2. The number of amides is 1. The summed E-state index contributed by atoms with van der Waals surface area (Å²) in [4.78, 5) is 32.9. The molecule has 182 valence electrons. The predicted molar refractivity (Wildman–Crippen MR) is 138 cm³/mol. The smallest absolute Gasteiger partial charge is 0.267 e. The fraction of sp³-hybridized carbons (Fsp3) is 0.250. The molecule has 8 nitrogen and oxygen atoms in total. The second-order valence-electron chi connectivity index (χ2n) is 7.72. The molecule has 0 bridgehead atoms. The molecule has 0 unspecified atom stereocenters. The van der Waals surface area contributed by atoms with Crippen molar-refractivity contribution in [3.8, 4) is 0 Å². The van der Waals surface area contributed by atoms with E-state index in [4.69, 9.17) is 22.1 Å². The van der Waals surface area contributed by atoms with E-state index < -0.39 is 0 Å². The summed E-state index contributed by atoms with van der Waals surface area (Å²) in [5, 5.41) is 12.0. The summed E-state index contributed by atoms with van der Waals surface area (Å²) >= 11 is 6.51. The molecule has 0 aliphatic carbocycles. The van der Waals surface area contributed by atoms with Crippen LogP contribution in [0.5, 0.6) is 0 Å². The summed E-state index contributed by atoms with van der Waals surface area (Å²) in [5.74, 6) is -0.378. The lowest BCUT2D eigenvalue weighted by molar-refractivity contribution is -0.122. The Kier molecular flexibility index (Phi) is 7.91. The molecule has 35 heavy (non-hydrogen) atoms. The zero-order valence-corrected chi connectivity index (χ0v) is 20.5. The molecule has 1 saturated heterocycles. The van der Waals surface area contributed by atoms with Gasteiger partial charge in [0, 0.05) is 12.7 Å². The van der Waals surface area contributed by atoms with E-state index in [2.05, 4.69) is 10.3 Å². The standard InChI is InChI=1S/C24H23FN4O4S2/c1-15-3-2-9-28-21(15)27-20(26-8-11-33-12-10-30)18(22(28)31)13-19-23(32)29(24(34)35-19)14-16-4-6-17(25)7-5-16/h2-7,9,13,26,30H,8,10-12,14H2,1H3. The van der Waals surface area contributed by atoms with Gasteiger partial charge in [-0.3, -0.25) is 18.9 Å². The summed E-state index contributed by atoms with van der Waals surface area (Å²) < 4.78 is 20.3. The van der Waals surface area contributed by atoms with Crippen molar-refractivity contribution in [1.82, 2.24) is 14.3 Å². The number of pyridine rings is 1. The number of hydrogen-bond acceptors (Lipinski definition) is 8. The Morgan fingerprint density at radius 3 is 2.74 bits per heavy atom. The van der Waals surface area contributed by atoms with Crippen LogP contribution in [0.4, 0.5) is 10.2 Å². The molecule has 11 heteroatoms. The highest BCUT2D eigenvalue weighted by atomic mass is 32.2. The third-order valence-corrected chi connectivity index (χ3v) is 6.64. The second-order valence-corrected chi connectivity index (χ2v) is 9.40. The quantitative estimate of drug-likeness (QED) is 0.256. The molecule has 0 spiro atoms. The van der Waals surface area contributed by atoms with E-state index in [1.165, 1.54) is 27.5 Å². The number of carbonyl (C=O) groups is 1. The van der Waals surface area contributed by atoms with Crippen LogP contribution in [-0.4, -0.2) is 56.0 Å². The maximum atomic E-state index is 13.4. The normalized spacial score (nSPS) is 14.9. The van der Waals surface area contributed by atoms with Gasteiger partial charge in [0.2, 0.25) is 0 Å². The molecule has 4 rings (SSSR count). The number of halogens is 1. The van der Waals surface area contributed by atoms with Crippen LogP contribution in [0.15, 0.2) is 52.3 Å². The number of aryl methyl sites for hydroxylation is 1. The van der Waals surface area contributed by atoms with E-state index in [0.29, 0.717) is 33.8 Å². The van der Waals surface area contributed by atoms with Gasteiger partial charge in [-0.1, -0.05) is 42.2 Å². The molecule has 2 aromatic heterocycles. The Hall–Kier alpha value is -3.12. The maximum Gasteiger partial charge on any atom is 0.267 e. The third kappa shape index (κ3) is 5.59. The Morgan fingerprint density at radius 2 is 2.00 bits per heavy atom. The number of ether oxygens (including phenoxy) is 1. The van der Waals surface area contributed by atoms with E-state index in [-0.39, 0.29) is 42.6 Å². The first kappa shape index (κ1) is 25.0. The SMILES string of the molecule is Cc1cccn2c(=O)c(C=C3SC(=S)N(Cc4ccc(F)cc4)C3=O)c(NCCOCCO)nc12. The zero-order valence-electron chi connectivity index (χ0n) is 18.9. The van der Waals surface area contributed by atoms with Gasteiger partial charge >= 0.3 is 0 Å². The van der Waals surface area contributed by atoms with Crippen molar-refractivity contribution in [2.45, 2.75) is 13.5 Å². The van der Waals surface area contributed by atoms with Crippen LogP contribution in [0.1, 0.15) is 16.7 Å². The lowest BCUT2D eigenvalue weighted by atomic mass is 10.2. The number of fused-ring (bicyclic) bond motifs is 1. The Balaban J connectivity index is 1.67. The molecular weight excluding hydrogens is 491 g/mol. The van der Waals surface area contributed by atoms with Crippen LogP contribution in [-0.2, 0) is 16.1 Å². The average Bonchev–Trinajstić information content (AvgIpc) is 3.10. The summed E-state index contributed by atoms with van der Waals surface area (Å²) in [7, 11) is 0. The van der Waals surface area contributed by atoms with E-state index in [1.54, 1.807) is 24.4 Å². The minimum absolute atomic E-state index is 0.0835. The van der Waals surface area contributed by atoms with Crippen molar-refractivity contribution >= 4 is 51.7 Å². The molecule has 3 aromatic rings. The molecule has 0 atom stereocenters. The molecule has 3 heterocycles. The molecule has 1 fully saturated rings. The summed E-state index contributed by atoms with van der Waals surface area (Å²) in [6.45, 7) is 2.83. The van der Waals surface area contributed by atoms with E-state index in [9.17, 15) is 14.0 Å². The molecule has 0 saturated carbocycles. The van der Waals surface area contributed by atoms with Gasteiger partial charge < -0.3 is 15.2 Å². The van der Waals surface area contributed by atoms with Crippen molar-refractivity contribution in [2.75, 3.05) is 31.7 Å². The number of aliphatic hydroxyl groups is 1. The number of nitrogens with zero attached hydrogens (tertiary/aromatic N) is 3. The number of aromatic nitrogens is 2. The van der Waals surface area contributed by atoms with Gasteiger partial charge in [-0.15, -0.1) is 0 Å². The number of carbonyl (C=O) groups excluding carboxylic acids is 1. The van der Waals surface area contributed by atoms with Crippen LogP contribution in [0.25, 0.3) is 11.7 Å².